The maximum absolute atomic E-state index is 11.7. The second-order valence-corrected chi connectivity index (χ2v) is 5.45. The van der Waals surface area contributed by atoms with Crippen molar-refractivity contribution < 1.29 is 9.53 Å². The van der Waals surface area contributed by atoms with E-state index in [1.165, 1.54) is 5.56 Å². The zero-order valence-electron chi connectivity index (χ0n) is 12.8. The van der Waals surface area contributed by atoms with Gasteiger partial charge in [0.15, 0.2) is 0 Å². The topological polar surface area (TPSA) is 67.6 Å². The number of piperidine rings is 1. The molecule has 5 nitrogen and oxygen atoms in total. The molecule has 1 aliphatic heterocycles. The second kappa shape index (κ2) is 7.43. The Labute approximate surface area is 126 Å². The number of rotatable bonds is 5. The number of carbonyl (C=O) groups is 1. The van der Waals surface area contributed by atoms with Crippen molar-refractivity contribution in [3.8, 4) is 5.75 Å². The number of benzene rings is 1. The third-order valence-electron chi connectivity index (χ3n) is 4.29. The number of ether oxygens (including phenoxy) is 1. The predicted molar refractivity (Wildman–Crippen MR) is 83.2 cm³/mol. The SMILES string of the molecule is CNC(=O)C1CCN(C(CN)c2cccc(OC)c2)CC1. The number of likely N-dealkylation sites (tertiary alicyclic amines) is 1. The number of nitrogens with one attached hydrogen (secondary N) is 1. The summed E-state index contributed by atoms with van der Waals surface area (Å²) in [6, 6.07) is 8.25. The monoisotopic (exact) mass is 291 g/mol. The average molecular weight is 291 g/mol. The molecule has 1 aromatic rings. The molecule has 1 atom stereocenters. The van der Waals surface area contributed by atoms with Crippen LogP contribution in [0.5, 0.6) is 5.75 Å². The van der Waals surface area contributed by atoms with Gasteiger partial charge in [-0.05, 0) is 43.6 Å². The van der Waals surface area contributed by atoms with Gasteiger partial charge in [-0.25, -0.2) is 0 Å². The van der Waals surface area contributed by atoms with Crippen molar-refractivity contribution in [2.24, 2.45) is 11.7 Å². The third kappa shape index (κ3) is 3.74. The molecule has 0 aliphatic carbocycles. The maximum Gasteiger partial charge on any atom is 0.222 e. The Bertz CT molecular complexity index is 470. The molecule has 1 fully saturated rings. The van der Waals surface area contributed by atoms with E-state index >= 15 is 0 Å². The Hall–Kier alpha value is -1.59. The highest BCUT2D eigenvalue weighted by atomic mass is 16.5. The van der Waals surface area contributed by atoms with Crippen molar-refractivity contribution in [3.63, 3.8) is 0 Å². The summed E-state index contributed by atoms with van der Waals surface area (Å²) >= 11 is 0. The fourth-order valence-electron chi connectivity index (χ4n) is 3.02. The van der Waals surface area contributed by atoms with E-state index < -0.39 is 0 Å². The van der Waals surface area contributed by atoms with E-state index in [-0.39, 0.29) is 17.9 Å². The summed E-state index contributed by atoms with van der Waals surface area (Å²) in [5.74, 6) is 1.14. The highest BCUT2D eigenvalue weighted by Crippen LogP contribution is 2.28. The van der Waals surface area contributed by atoms with Crippen molar-refractivity contribution in [1.29, 1.82) is 0 Å². The van der Waals surface area contributed by atoms with Gasteiger partial charge in [-0.3, -0.25) is 9.69 Å². The van der Waals surface area contributed by atoms with E-state index in [9.17, 15) is 4.79 Å². The number of hydrogen-bond donors (Lipinski definition) is 2. The fraction of sp³-hybridized carbons (Fsp3) is 0.562. The molecule has 1 saturated heterocycles. The van der Waals surface area contributed by atoms with E-state index in [4.69, 9.17) is 10.5 Å². The van der Waals surface area contributed by atoms with Crippen molar-refractivity contribution in [2.45, 2.75) is 18.9 Å². The predicted octanol–water partition coefficient (Wildman–Crippen LogP) is 1.15. The Balaban J connectivity index is 2.04. The molecule has 1 aromatic carbocycles. The number of nitrogens with zero attached hydrogens (tertiary/aromatic N) is 1. The van der Waals surface area contributed by atoms with Crippen LogP contribution in [0.2, 0.25) is 0 Å². The van der Waals surface area contributed by atoms with Crippen LogP contribution in [0.3, 0.4) is 0 Å². The summed E-state index contributed by atoms with van der Waals surface area (Å²) in [5.41, 5.74) is 7.16. The van der Waals surface area contributed by atoms with Crippen LogP contribution in [-0.2, 0) is 4.79 Å². The minimum absolute atomic E-state index is 0.134. The quantitative estimate of drug-likeness (QED) is 0.854. The molecule has 1 heterocycles. The molecule has 3 N–H and O–H groups in total. The zero-order valence-corrected chi connectivity index (χ0v) is 12.8. The first-order chi connectivity index (χ1) is 10.2. The first-order valence-electron chi connectivity index (χ1n) is 7.49. The van der Waals surface area contributed by atoms with Crippen LogP contribution in [0, 0.1) is 5.92 Å². The van der Waals surface area contributed by atoms with Gasteiger partial charge in [-0.2, -0.15) is 0 Å². The van der Waals surface area contributed by atoms with Crippen LogP contribution in [0.4, 0.5) is 0 Å². The lowest BCUT2D eigenvalue weighted by atomic mass is 9.93. The normalized spacial score (nSPS) is 18.2. The van der Waals surface area contributed by atoms with Gasteiger partial charge in [0.1, 0.15) is 5.75 Å². The highest BCUT2D eigenvalue weighted by Gasteiger charge is 2.28. The molecule has 5 heteroatoms. The third-order valence-corrected chi connectivity index (χ3v) is 4.29. The van der Waals surface area contributed by atoms with Gasteiger partial charge in [0.05, 0.1) is 7.11 Å². The number of hydrogen-bond acceptors (Lipinski definition) is 4. The molecule has 21 heavy (non-hydrogen) atoms. The van der Waals surface area contributed by atoms with Gasteiger partial charge in [0.25, 0.3) is 0 Å². The largest absolute Gasteiger partial charge is 0.497 e. The lowest BCUT2D eigenvalue weighted by Gasteiger charge is -2.36. The lowest BCUT2D eigenvalue weighted by molar-refractivity contribution is -0.126. The summed E-state index contributed by atoms with van der Waals surface area (Å²) in [7, 11) is 3.37. The second-order valence-electron chi connectivity index (χ2n) is 5.45. The van der Waals surface area contributed by atoms with Gasteiger partial charge < -0.3 is 15.8 Å². The van der Waals surface area contributed by atoms with Gasteiger partial charge in [0, 0.05) is 25.6 Å². The number of amides is 1. The smallest absolute Gasteiger partial charge is 0.222 e. The zero-order chi connectivity index (χ0) is 15.2. The van der Waals surface area contributed by atoms with Gasteiger partial charge in [-0.1, -0.05) is 12.1 Å². The Morgan fingerprint density at radius 3 is 2.76 bits per heavy atom. The maximum atomic E-state index is 11.7. The van der Waals surface area contributed by atoms with Crippen molar-refractivity contribution in [1.82, 2.24) is 10.2 Å². The van der Waals surface area contributed by atoms with E-state index in [2.05, 4.69) is 16.3 Å². The van der Waals surface area contributed by atoms with Crippen LogP contribution in [0.1, 0.15) is 24.4 Å². The highest BCUT2D eigenvalue weighted by molar-refractivity contribution is 5.78. The first-order valence-corrected chi connectivity index (χ1v) is 7.49. The van der Waals surface area contributed by atoms with Crippen LogP contribution in [0.15, 0.2) is 24.3 Å². The molecule has 0 spiro atoms. The molecule has 0 radical (unpaired) electrons. The number of nitrogens with two attached hydrogens (primary N) is 1. The summed E-state index contributed by atoms with van der Waals surface area (Å²) < 4.78 is 5.29. The lowest BCUT2D eigenvalue weighted by Crippen LogP contribution is -2.43. The van der Waals surface area contributed by atoms with Crippen LogP contribution in [0.25, 0.3) is 0 Å². The standard InChI is InChI=1S/C16H25N3O2/c1-18-16(20)12-6-8-19(9-7-12)15(11-17)13-4-3-5-14(10-13)21-2/h3-5,10,12,15H,6-9,11,17H2,1-2H3,(H,18,20). The molecular formula is C16H25N3O2. The summed E-state index contributed by atoms with van der Waals surface area (Å²) in [5, 5.41) is 2.74. The summed E-state index contributed by atoms with van der Waals surface area (Å²) in [4.78, 5) is 14.1. The summed E-state index contributed by atoms with van der Waals surface area (Å²) in [6.07, 6.45) is 1.78. The van der Waals surface area contributed by atoms with Crippen LogP contribution in [-0.4, -0.2) is 44.6 Å². The van der Waals surface area contributed by atoms with Gasteiger partial charge in [0.2, 0.25) is 5.91 Å². The Kier molecular flexibility index (Phi) is 5.59. The van der Waals surface area contributed by atoms with Crippen LogP contribution < -0.4 is 15.8 Å². The fourth-order valence-corrected chi connectivity index (χ4v) is 3.02. The number of carbonyl (C=O) groups excluding carboxylic acids is 1. The van der Waals surface area contributed by atoms with Gasteiger partial charge >= 0.3 is 0 Å². The molecule has 2 rings (SSSR count). The molecule has 0 aromatic heterocycles. The van der Waals surface area contributed by atoms with E-state index in [0.29, 0.717) is 6.54 Å². The molecule has 1 aliphatic rings. The average Bonchev–Trinajstić information content (AvgIpc) is 2.55. The van der Waals surface area contributed by atoms with Gasteiger partial charge in [-0.15, -0.1) is 0 Å². The Morgan fingerprint density at radius 2 is 2.19 bits per heavy atom. The van der Waals surface area contributed by atoms with Crippen molar-refractivity contribution in [3.05, 3.63) is 29.8 Å². The van der Waals surface area contributed by atoms with E-state index in [1.807, 2.05) is 18.2 Å². The molecule has 0 bridgehead atoms. The minimum Gasteiger partial charge on any atom is -0.497 e. The summed E-state index contributed by atoms with van der Waals surface area (Å²) in [6.45, 7) is 2.37. The van der Waals surface area contributed by atoms with E-state index in [1.54, 1.807) is 14.2 Å². The first kappa shape index (κ1) is 15.8. The minimum atomic E-state index is 0.134. The Morgan fingerprint density at radius 1 is 1.48 bits per heavy atom. The molecule has 1 amide bonds. The van der Waals surface area contributed by atoms with E-state index in [0.717, 1.165) is 31.7 Å². The molecule has 116 valence electrons. The molecule has 1 unspecified atom stereocenters. The number of methoxy groups -OCH3 is 1. The molecular weight excluding hydrogens is 266 g/mol. The van der Waals surface area contributed by atoms with Crippen molar-refractivity contribution in [2.75, 3.05) is 33.8 Å². The van der Waals surface area contributed by atoms with Crippen molar-refractivity contribution >= 4 is 5.91 Å². The molecule has 0 saturated carbocycles. The van der Waals surface area contributed by atoms with Crippen LogP contribution >= 0.6 is 0 Å².